The van der Waals surface area contributed by atoms with Crippen LogP contribution in [0.15, 0.2) is 23.4 Å². The monoisotopic (exact) mass is 333 g/mol. The molecule has 7 nitrogen and oxygen atoms in total. The van der Waals surface area contributed by atoms with Gasteiger partial charge in [-0.15, -0.1) is 0 Å². The topological polar surface area (TPSA) is 88.6 Å². The number of likely N-dealkylation sites (N-methyl/N-ethyl adjacent to an activating group) is 1. The quantitative estimate of drug-likeness (QED) is 0.854. The summed E-state index contributed by atoms with van der Waals surface area (Å²) >= 11 is 5.94. The maximum atomic E-state index is 12.7. The fraction of sp³-hybridized carbons (Fsp3) is 0.500. The van der Waals surface area contributed by atoms with E-state index in [4.69, 9.17) is 16.3 Å². The Hall–Kier alpha value is -1.22. The predicted octanol–water partition coefficient (Wildman–Crippen LogP) is 0.261. The van der Waals surface area contributed by atoms with Crippen LogP contribution >= 0.6 is 11.6 Å². The van der Waals surface area contributed by atoms with Gasteiger partial charge in [-0.1, -0.05) is 11.6 Å². The molecule has 1 aromatic heterocycles. The molecule has 1 aliphatic rings. The lowest BCUT2D eigenvalue weighted by atomic mass is 10.2. The first-order valence-corrected chi connectivity index (χ1v) is 8.27. The zero-order valence-electron chi connectivity index (χ0n) is 11.5. The Balaban J connectivity index is 2.36. The summed E-state index contributed by atoms with van der Waals surface area (Å²) in [5.41, 5.74) is 0. The second-order valence-corrected chi connectivity index (χ2v) is 6.67. The lowest BCUT2D eigenvalue weighted by Gasteiger charge is -2.33. The van der Waals surface area contributed by atoms with Crippen molar-refractivity contribution >= 4 is 27.5 Å². The van der Waals surface area contributed by atoms with E-state index >= 15 is 0 Å². The van der Waals surface area contributed by atoms with Gasteiger partial charge < -0.3 is 10.1 Å². The van der Waals surface area contributed by atoms with Crippen molar-refractivity contribution in [2.24, 2.45) is 0 Å². The van der Waals surface area contributed by atoms with Gasteiger partial charge in [-0.05, 0) is 13.0 Å². The number of pyridine rings is 1. The molecule has 0 saturated carbocycles. The molecule has 1 N–H and O–H groups in total. The molecule has 1 amide bonds. The van der Waals surface area contributed by atoms with E-state index < -0.39 is 16.1 Å². The molecule has 2 heterocycles. The van der Waals surface area contributed by atoms with Crippen LogP contribution < -0.4 is 5.32 Å². The highest BCUT2D eigenvalue weighted by atomic mass is 35.5. The Labute approximate surface area is 128 Å². The van der Waals surface area contributed by atoms with Crippen molar-refractivity contribution in [1.29, 1.82) is 0 Å². The number of carbonyl (C=O) groups is 1. The predicted molar refractivity (Wildman–Crippen MR) is 76.4 cm³/mol. The summed E-state index contributed by atoms with van der Waals surface area (Å²) in [4.78, 5) is 15.7. The number of hydrogen-bond acceptors (Lipinski definition) is 5. The van der Waals surface area contributed by atoms with Crippen LogP contribution in [0.3, 0.4) is 0 Å². The number of carbonyl (C=O) groups excluding carboxylic acids is 1. The maximum Gasteiger partial charge on any atom is 0.246 e. The molecule has 1 fully saturated rings. The van der Waals surface area contributed by atoms with Gasteiger partial charge in [-0.25, -0.2) is 8.42 Å². The molecule has 0 spiro atoms. The molecular formula is C12H16ClN3O4S. The summed E-state index contributed by atoms with van der Waals surface area (Å²) in [6.45, 7) is 2.51. The van der Waals surface area contributed by atoms with E-state index in [0.29, 0.717) is 6.54 Å². The largest absolute Gasteiger partial charge is 0.378 e. The number of amides is 1. The van der Waals surface area contributed by atoms with Crippen LogP contribution in [0.4, 0.5) is 0 Å². The van der Waals surface area contributed by atoms with E-state index in [9.17, 15) is 13.2 Å². The van der Waals surface area contributed by atoms with Gasteiger partial charge in [-0.2, -0.15) is 4.31 Å². The fourth-order valence-corrected chi connectivity index (χ4v) is 4.02. The minimum Gasteiger partial charge on any atom is -0.378 e. The van der Waals surface area contributed by atoms with Gasteiger partial charge in [0, 0.05) is 25.5 Å². The Morgan fingerprint density at radius 3 is 3.05 bits per heavy atom. The molecule has 1 unspecified atom stereocenters. The van der Waals surface area contributed by atoms with E-state index in [2.05, 4.69) is 10.3 Å². The average Bonchev–Trinajstić information content (AvgIpc) is 2.48. The molecule has 1 aliphatic heterocycles. The molecule has 0 radical (unpaired) electrons. The highest BCUT2D eigenvalue weighted by Gasteiger charge is 2.39. The lowest BCUT2D eigenvalue weighted by Crippen LogP contribution is -2.55. The van der Waals surface area contributed by atoms with Crippen molar-refractivity contribution in [3.63, 3.8) is 0 Å². The number of nitrogens with one attached hydrogen (secondary N) is 1. The standard InChI is InChI=1S/C12H16ClN3O4S/c1-2-15-12(17)10-8-20-6-5-16(10)21(18,19)11-7-14-4-3-9(11)13/h3-4,7,10H,2,5-6,8H2,1H3,(H,15,17). The van der Waals surface area contributed by atoms with Gasteiger partial charge in [0.1, 0.15) is 10.9 Å². The number of hydrogen-bond donors (Lipinski definition) is 1. The molecule has 9 heteroatoms. The number of ether oxygens (including phenoxy) is 1. The number of nitrogens with zero attached hydrogens (tertiary/aromatic N) is 2. The summed E-state index contributed by atoms with van der Waals surface area (Å²) < 4.78 is 31.7. The molecule has 2 rings (SSSR count). The van der Waals surface area contributed by atoms with Crippen molar-refractivity contribution < 1.29 is 17.9 Å². The summed E-state index contributed by atoms with van der Waals surface area (Å²) in [5, 5.41) is 2.68. The first kappa shape index (κ1) is 16.2. The normalized spacial score (nSPS) is 20.2. The van der Waals surface area contributed by atoms with E-state index in [1.807, 2.05) is 0 Å². The first-order chi connectivity index (χ1) is 9.98. The van der Waals surface area contributed by atoms with Crippen LogP contribution in [0.5, 0.6) is 0 Å². The number of aromatic nitrogens is 1. The molecule has 1 atom stereocenters. The van der Waals surface area contributed by atoms with E-state index in [1.54, 1.807) is 6.92 Å². The molecule has 1 saturated heterocycles. The van der Waals surface area contributed by atoms with Gasteiger partial charge in [0.15, 0.2) is 0 Å². The Bertz CT molecular complexity index is 623. The summed E-state index contributed by atoms with van der Waals surface area (Å²) in [6.07, 6.45) is 2.59. The van der Waals surface area contributed by atoms with Gasteiger partial charge >= 0.3 is 0 Å². The zero-order chi connectivity index (χ0) is 15.5. The molecule has 21 heavy (non-hydrogen) atoms. The molecular weight excluding hydrogens is 318 g/mol. The summed E-state index contributed by atoms with van der Waals surface area (Å²) in [6, 6.07) is 0.496. The van der Waals surface area contributed by atoms with Crippen molar-refractivity contribution in [3.05, 3.63) is 23.5 Å². The molecule has 116 valence electrons. The fourth-order valence-electron chi connectivity index (χ4n) is 2.05. The lowest BCUT2D eigenvalue weighted by molar-refractivity contribution is -0.129. The van der Waals surface area contributed by atoms with Crippen LogP contribution in [0, 0.1) is 0 Å². The van der Waals surface area contributed by atoms with Crippen molar-refractivity contribution in [2.45, 2.75) is 17.9 Å². The summed E-state index contributed by atoms with van der Waals surface area (Å²) in [7, 11) is -3.91. The number of sulfonamides is 1. The highest BCUT2D eigenvalue weighted by Crippen LogP contribution is 2.26. The van der Waals surface area contributed by atoms with Crippen LogP contribution in [-0.2, 0) is 19.6 Å². The van der Waals surface area contributed by atoms with E-state index in [-0.39, 0.29) is 35.6 Å². The van der Waals surface area contributed by atoms with Crippen LogP contribution in [0.2, 0.25) is 5.02 Å². The zero-order valence-corrected chi connectivity index (χ0v) is 13.0. The number of rotatable bonds is 4. The van der Waals surface area contributed by atoms with Crippen molar-refractivity contribution in [3.8, 4) is 0 Å². The Morgan fingerprint density at radius 1 is 1.62 bits per heavy atom. The number of morpholine rings is 1. The van der Waals surface area contributed by atoms with Crippen molar-refractivity contribution in [1.82, 2.24) is 14.6 Å². The van der Waals surface area contributed by atoms with E-state index in [1.165, 1.54) is 18.5 Å². The highest BCUT2D eigenvalue weighted by molar-refractivity contribution is 7.89. The van der Waals surface area contributed by atoms with Crippen molar-refractivity contribution in [2.75, 3.05) is 26.3 Å². The smallest absolute Gasteiger partial charge is 0.246 e. The SMILES string of the molecule is CCNC(=O)C1COCCN1S(=O)(=O)c1cnccc1Cl. The van der Waals surface area contributed by atoms with Crippen LogP contribution in [0.1, 0.15) is 6.92 Å². The van der Waals surface area contributed by atoms with E-state index in [0.717, 1.165) is 4.31 Å². The van der Waals surface area contributed by atoms with Gasteiger partial charge in [0.25, 0.3) is 0 Å². The minimum atomic E-state index is -3.91. The van der Waals surface area contributed by atoms with Crippen LogP contribution in [-0.4, -0.2) is 56.0 Å². The third-order valence-electron chi connectivity index (χ3n) is 3.05. The Kier molecular flexibility index (Phi) is 5.15. The molecule has 1 aromatic rings. The van der Waals surface area contributed by atoms with Gasteiger partial charge in [0.2, 0.25) is 15.9 Å². The number of halogens is 1. The van der Waals surface area contributed by atoms with Crippen LogP contribution in [0.25, 0.3) is 0 Å². The second-order valence-electron chi connectivity index (χ2n) is 4.41. The molecule has 0 aliphatic carbocycles. The molecule has 0 bridgehead atoms. The van der Waals surface area contributed by atoms with Gasteiger partial charge in [-0.3, -0.25) is 9.78 Å². The third-order valence-corrected chi connectivity index (χ3v) is 5.43. The van der Waals surface area contributed by atoms with Gasteiger partial charge in [0.05, 0.1) is 18.2 Å². The average molecular weight is 334 g/mol. The second kappa shape index (κ2) is 6.69. The minimum absolute atomic E-state index is 0.0168. The maximum absolute atomic E-state index is 12.7. The molecule has 0 aromatic carbocycles. The summed E-state index contributed by atoms with van der Waals surface area (Å²) in [5.74, 6) is -0.388. The third kappa shape index (κ3) is 3.34. The first-order valence-electron chi connectivity index (χ1n) is 6.45. The Morgan fingerprint density at radius 2 is 2.38 bits per heavy atom.